The van der Waals surface area contributed by atoms with Crippen LogP contribution in [-0.2, 0) is 50.5 Å². The molecule has 4 aromatic heterocycles. The van der Waals surface area contributed by atoms with E-state index in [1.54, 1.807) is 90.1 Å². The fraction of sp³-hybridized carbons (Fsp3) is 0.278. The van der Waals surface area contributed by atoms with E-state index in [1.165, 1.54) is 74.6 Å². The van der Waals surface area contributed by atoms with Crippen LogP contribution >= 0.6 is 11.3 Å². The van der Waals surface area contributed by atoms with Crippen LogP contribution in [0.1, 0.15) is 90.7 Å². The van der Waals surface area contributed by atoms with E-state index in [4.69, 9.17) is 28.9 Å². The number of anilines is 2. The molecule has 0 unspecified atom stereocenters. The molecule has 0 atom stereocenters. The Hall–Kier alpha value is -8.72. The zero-order chi connectivity index (χ0) is 53.0. The Bertz CT molecular complexity index is 3540. The van der Waals surface area contributed by atoms with Gasteiger partial charge in [0.15, 0.2) is 11.4 Å². The summed E-state index contributed by atoms with van der Waals surface area (Å²) in [6, 6.07) is 21.9. The van der Waals surface area contributed by atoms with Crippen LogP contribution in [0.2, 0.25) is 0 Å². The second-order valence-corrected chi connectivity index (χ2v) is 21.0. The summed E-state index contributed by atoms with van der Waals surface area (Å²) in [6.45, 7) is 10.9. The van der Waals surface area contributed by atoms with Crippen LogP contribution in [0.25, 0.3) is 21.4 Å². The summed E-state index contributed by atoms with van der Waals surface area (Å²) in [5.74, 6) is -0.106. The van der Waals surface area contributed by atoms with Crippen LogP contribution in [0.15, 0.2) is 97.5 Å². The summed E-state index contributed by atoms with van der Waals surface area (Å²) >= 11 is 1.33. The number of amides is 2. The normalized spacial score (nSPS) is 13.4. The number of nitrogens with zero attached hydrogens (tertiary/aromatic N) is 8. The maximum Gasteiger partial charge on any atom is 0.420 e. The number of ether oxygens (including phenoxy) is 4. The zero-order valence-electron chi connectivity index (χ0n) is 41.6. The summed E-state index contributed by atoms with van der Waals surface area (Å²) in [4.78, 5) is 80.7. The van der Waals surface area contributed by atoms with Crippen LogP contribution < -0.4 is 15.0 Å². The molecule has 21 heteroatoms. The van der Waals surface area contributed by atoms with Crippen molar-refractivity contribution in [2.45, 2.75) is 84.3 Å². The topological polar surface area (TPSA) is 234 Å². The number of hydrogen-bond donors (Lipinski definition) is 3. The first kappa shape index (κ1) is 49.8. The molecule has 3 N–H and O–H groups in total. The molecule has 8 aromatic rings. The first-order chi connectivity index (χ1) is 35.8. The lowest BCUT2D eigenvalue weighted by Crippen LogP contribution is -2.39. The van der Waals surface area contributed by atoms with Crippen LogP contribution in [0.4, 0.5) is 25.5 Å². The monoisotopic (exact) mass is 1040 g/mol. The molecule has 2 amide bonds. The lowest BCUT2D eigenvalue weighted by Gasteiger charge is -2.36. The summed E-state index contributed by atoms with van der Waals surface area (Å²) in [6.07, 6.45) is 2.71. The molecule has 0 aliphatic carbocycles. The molecular weight excluding hydrogens is 986 g/mol. The summed E-state index contributed by atoms with van der Waals surface area (Å²) in [5.41, 5.74) is 0.905. The smallest absolute Gasteiger partial charge is 0.420 e. The molecule has 0 radical (unpaired) electrons. The number of rotatable bonds is 13. The Labute approximate surface area is 432 Å². The lowest BCUT2D eigenvalue weighted by atomic mass is 9.77. The predicted molar refractivity (Wildman–Crippen MR) is 274 cm³/mol. The number of fused-ring (bicyclic) bond motifs is 8. The van der Waals surface area contributed by atoms with E-state index in [2.05, 4.69) is 20.3 Å². The van der Waals surface area contributed by atoms with E-state index in [-0.39, 0.29) is 66.9 Å². The van der Waals surface area contributed by atoms with Crippen molar-refractivity contribution in [1.82, 2.24) is 34.4 Å². The third kappa shape index (κ3) is 9.93. The highest BCUT2D eigenvalue weighted by atomic mass is 32.1. The minimum Gasteiger partial charge on any atom is -0.508 e. The number of benzene rings is 4. The second-order valence-electron chi connectivity index (χ2n) is 19.9. The van der Waals surface area contributed by atoms with Gasteiger partial charge in [0.25, 0.3) is 0 Å². The number of imidazole rings is 1. The molecule has 4 aromatic carbocycles. The molecule has 1 spiro atoms. The van der Waals surface area contributed by atoms with Crippen molar-refractivity contribution in [3.8, 4) is 23.0 Å². The fourth-order valence-electron chi connectivity index (χ4n) is 9.04. The molecule has 384 valence electrons. The molecule has 0 bridgehead atoms. The summed E-state index contributed by atoms with van der Waals surface area (Å²) in [7, 11) is 0. The summed E-state index contributed by atoms with van der Waals surface area (Å²) in [5, 5.41) is 24.6. The molecule has 75 heavy (non-hydrogen) atoms. The number of thiazole rings is 1. The number of aromatic hydroxyl groups is 2. The molecule has 19 nitrogen and oxygen atoms in total. The van der Waals surface area contributed by atoms with Gasteiger partial charge in [-0.2, -0.15) is 0 Å². The Morgan fingerprint density at radius 1 is 0.853 bits per heavy atom. The SMILES string of the molecule is CC(C)(C)OC(=O)N(CCc1nc2c(NCc3ncccc3F)ncnc2s1)CCc1nc2cc(CN(C=O)c3ccc4c(c3)C3(OC4=O)c4ccc(O)cc4Oc4cc(O)ccc43)ccc2n1C(=O)OC(C)(C)C. The molecular formula is C54H50FN9O10S. The van der Waals surface area contributed by atoms with E-state index in [0.29, 0.717) is 78.8 Å². The number of pyridine rings is 1. The molecule has 0 saturated carbocycles. The molecule has 0 fully saturated rings. The van der Waals surface area contributed by atoms with Gasteiger partial charge in [0.2, 0.25) is 6.41 Å². The number of hydrogen-bond acceptors (Lipinski definition) is 17. The van der Waals surface area contributed by atoms with E-state index in [0.717, 1.165) is 0 Å². The van der Waals surface area contributed by atoms with Crippen LogP contribution in [0.5, 0.6) is 23.0 Å². The number of aromatic nitrogens is 6. The number of esters is 1. The minimum atomic E-state index is -1.55. The Kier molecular flexibility index (Phi) is 12.8. The van der Waals surface area contributed by atoms with Crippen molar-refractivity contribution in [1.29, 1.82) is 0 Å². The maximum atomic E-state index is 14.3. The molecule has 2 aliphatic rings. The summed E-state index contributed by atoms with van der Waals surface area (Å²) < 4.78 is 39.8. The van der Waals surface area contributed by atoms with Gasteiger partial charge in [-0.3, -0.25) is 9.78 Å². The standard InChI is InChI=1S/C54H50FN9O10S/c1-52(2,3)73-50(69)62(21-18-45-61-46-47(58-28-59-48(46)75-45)57-26-40-38(55)8-7-19-56-40)20-17-44-60-39-22-30(9-16-41(39)64(44)51(70)74-53(4,5)6)27-63(29-65)31-10-13-34-37(23-31)54(72-49(34)68)35-14-11-32(66)24-42(35)71-43-25-33(67)12-15-36(43)54/h7-16,19,22-25,28-29,66-67H,17-18,20-21,26-27H2,1-6H3,(H,57,58,59). The largest absolute Gasteiger partial charge is 0.508 e. The average molecular weight is 1040 g/mol. The van der Waals surface area contributed by atoms with Crippen molar-refractivity contribution in [2.24, 2.45) is 0 Å². The number of phenols is 2. The predicted octanol–water partition coefficient (Wildman–Crippen LogP) is 9.53. The van der Waals surface area contributed by atoms with Gasteiger partial charge in [-0.05, 0) is 114 Å². The third-order valence-corrected chi connectivity index (χ3v) is 13.3. The van der Waals surface area contributed by atoms with Crippen molar-refractivity contribution in [2.75, 3.05) is 23.3 Å². The number of phenolic OH excluding ortho intramolecular Hbond substituents is 2. The van der Waals surface area contributed by atoms with Crippen LogP contribution in [-0.4, -0.2) is 93.5 Å². The Balaban J connectivity index is 0.928. The van der Waals surface area contributed by atoms with Crippen LogP contribution in [0, 0.1) is 5.82 Å². The Morgan fingerprint density at radius 2 is 1.57 bits per heavy atom. The van der Waals surface area contributed by atoms with Crippen molar-refractivity contribution < 1.29 is 52.7 Å². The third-order valence-electron chi connectivity index (χ3n) is 12.3. The minimum absolute atomic E-state index is 0.0385. The van der Waals surface area contributed by atoms with Crippen molar-refractivity contribution in [3.63, 3.8) is 0 Å². The molecule has 6 heterocycles. The van der Waals surface area contributed by atoms with E-state index >= 15 is 0 Å². The van der Waals surface area contributed by atoms with Gasteiger partial charge in [0.05, 0.1) is 40.4 Å². The number of carbonyl (C=O) groups excluding carboxylic acids is 4. The number of nitrogens with one attached hydrogen (secondary N) is 1. The van der Waals surface area contributed by atoms with Gasteiger partial charge in [0.1, 0.15) is 62.5 Å². The fourth-order valence-corrected chi connectivity index (χ4v) is 9.93. The van der Waals surface area contributed by atoms with Crippen molar-refractivity contribution >= 4 is 68.8 Å². The van der Waals surface area contributed by atoms with Crippen LogP contribution in [0.3, 0.4) is 0 Å². The van der Waals surface area contributed by atoms with Crippen molar-refractivity contribution in [3.05, 3.63) is 148 Å². The highest BCUT2D eigenvalue weighted by Gasteiger charge is 2.54. The molecule has 2 aliphatic heterocycles. The van der Waals surface area contributed by atoms with Gasteiger partial charge in [-0.25, -0.2) is 43.3 Å². The zero-order valence-corrected chi connectivity index (χ0v) is 42.4. The highest BCUT2D eigenvalue weighted by molar-refractivity contribution is 7.18. The van der Waals surface area contributed by atoms with E-state index in [9.17, 15) is 33.8 Å². The first-order valence-electron chi connectivity index (χ1n) is 23.9. The van der Waals surface area contributed by atoms with Gasteiger partial charge in [0, 0.05) is 66.6 Å². The highest BCUT2D eigenvalue weighted by Crippen LogP contribution is 2.57. The number of carbonyl (C=O) groups is 4. The molecule has 0 saturated heterocycles. The molecule has 10 rings (SSSR count). The maximum absolute atomic E-state index is 14.3. The van der Waals surface area contributed by atoms with Gasteiger partial charge >= 0.3 is 18.2 Å². The Morgan fingerprint density at radius 3 is 2.27 bits per heavy atom. The lowest BCUT2D eigenvalue weighted by molar-refractivity contribution is -0.107. The quantitative estimate of drug-likeness (QED) is 0.0554. The second kappa shape index (κ2) is 19.3. The van der Waals surface area contributed by atoms with Gasteiger partial charge < -0.3 is 44.3 Å². The first-order valence-corrected chi connectivity index (χ1v) is 24.7. The van der Waals surface area contributed by atoms with Gasteiger partial charge in [-0.1, -0.05) is 17.4 Å². The van der Waals surface area contributed by atoms with Gasteiger partial charge in [-0.15, -0.1) is 0 Å². The average Bonchev–Trinajstić information content (AvgIpc) is 4.06. The van der Waals surface area contributed by atoms with E-state index < -0.39 is 40.8 Å². The number of halogens is 1. The van der Waals surface area contributed by atoms with E-state index in [1.807, 2.05) is 0 Å².